The predicted molar refractivity (Wildman–Crippen MR) is 99.7 cm³/mol. The van der Waals surface area contributed by atoms with E-state index in [1.54, 1.807) is 25.1 Å². The molecule has 4 aliphatic rings. The molecule has 0 amide bonds. The van der Waals surface area contributed by atoms with Crippen LogP contribution in [0, 0.1) is 0 Å². The Morgan fingerprint density at radius 2 is 1.58 bits per heavy atom. The zero-order valence-electron chi connectivity index (χ0n) is 14.9. The van der Waals surface area contributed by atoms with E-state index in [-0.39, 0.29) is 12.5 Å². The van der Waals surface area contributed by atoms with Gasteiger partial charge in [-0.3, -0.25) is 19.6 Å². The number of ether oxygens (including phenoxy) is 2. The molecule has 0 aromatic heterocycles. The van der Waals surface area contributed by atoms with Gasteiger partial charge in [0.2, 0.25) is 0 Å². The van der Waals surface area contributed by atoms with E-state index in [9.17, 15) is 4.79 Å². The maximum Gasteiger partial charge on any atom is 0.344 e. The number of nitrogens with zero attached hydrogens (tertiary/aromatic N) is 4. The van der Waals surface area contributed by atoms with Crippen molar-refractivity contribution in [3.8, 4) is 5.75 Å². The van der Waals surface area contributed by atoms with Crippen LogP contribution in [-0.2, 0) is 15.4 Å². The molecule has 0 atom stereocenters. The number of carbonyl (C=O) groups excluding carboxylic acids is 1. The average Bonchev–Trinajstić information content (AvgIpc) is 2.60. The summed E-state index contributed by atoms with van der Waals surface area (Å²) in [6.07, 6.45) is 0. The van der Waals surface area contributed by atoms with E-state index in [2.05, 4.69) is 19.6 Å². The second-order valence-corrected chi connectivity index (χ2v) is 7.21. The van der Waals surface area contributed by atoms with E-state index in [1.807, 2.05) is 0 Å². The molecule has 9 heteroatoms. The lowest BCUT2D eigenvalue weighted by Crippen LogP contribution is -2.71. The van der Waals surface area contributed by atoms with Crippen LogP contribution in [0.4, 0.5) is 0 Å². The van der Waals surface area contributed by atoms with Gasteiger partial charge in [-0.2, -0.15) is 0 Å². The molecule has 7 nitrogen and oxygen atoms in total. The molecule has 1 aromatic carbocycles. The first kappa shape index (κ1) is 19.7. The van der Waals surface area contributed by atoms with E-state index in [4.69, 9.17) is 32.7 Å². The van der Waals surface area contributed by atoms with E-state index < -0.39 is 5.97 Å². The molecule has 4 bridgehead atoms. The number of hydrogen-bond donors (Lipinski definition) is 0. The van der Waals surface area contributed by atoms with Crippen LogP contribution in [0.1, 0.15) is 12.5 Å². The van der Waals surface area contributed by atoms with Crippen LogP contribution >= 0.6 is 23.2 Å². The van der Waals surface area contributed by atoms with Crippen LogP contribution in [-0.4, -0.2) is 78.8 Å². The number of alkyl halides is 1. The molecule has 4 fully saturated rings. The Morgan fingerprint density at radius 3 is 2.04 bits per heavy atom. The Hall–Kier alpha value is -1.09. The summed E-state index contributed by atoms with van der Waals surface area (Å²) >= 11 is 11.5. The molecule has 0 spiro atoms. The Balaban J connectivity index is 0.000000164. The van der Waals surface area contributed by atoms with Crippen molar-refractivity contribution in [2.75, 3.05) is 53.2 Å². The van der Waals surface area contributed by atoms with Crippen molar-refractivity contribution in [1.82, 2.24) is 19.6 Å². The highest BCUT2D eigenvalue weighted by Crippen LogP contribution is 2.24. The van der Waals surface area contributed by atoms with Gasteiger partial charge in [0.15, 0.2) is 6.61 Å². The molecule has 4 saturated heterocycles. The highest BCUT2D eigenvalue weighted by molar-refractivity contribution is 6.30. The Bertz CT molecular complexity index is 575. The Labute approximate surface area is 163 Å². The molecule has 0 unspecified atom stereocenters. The maximum absolute atomic E-state index is 11.1. The van der Waals surface area contributed by atoms with Crippen molar-refractivity contribution in [3.05, 3.63) is 28.8 Å². The third-order valence-electron chi connectivity index (χ3n) is 4.22. The van der Waals surface area contributed by atoms with E-state index in [0.717, 1.165) is 5.56 Å². The topological polar surface area (TPSA) is 48.5 Å². The van der Waals surface area contributed by atoms with Crippen molar-refractivity contribution in [2.45, 2.75) is 12.8 Å². The van der Waals surface area contributed by atoms with Crippen LogP contribution in [0.5, 0.6) is 5.75 Å². The molecule has 0 saturated carbocycles. The minimum absolute atomic E-state index is 0.126. The lowest BCUT2D eigenvalue weighted by molar-refractivity contribution is -0.194. The van der Waals surface area contributed by atoms with Gasteiger partial charge in [0.05, 0.1) is 52.5 Å². The quantitative estimate of drug-likeness (QED) is 0.551. The minimum atomic E-state index is -0.405. The van der Waals surface area contributed by atoms with E-state index >= 15 is 0 Å². The highest BCUT2D eigenvalue weighted by atomic mass is 35.5. The summed E-state index contributed by atoms with van der Waals surface area (Å²) in [5, 5.41) is 0.583. The summed E-state index contributed by atoms with van der Waals surface area (Å²) < 4.78 is 10.0. The number of rotatable bonds is 5. The molecule has 144 valence electrons. The first-order valence-corrected chi connectivity index (χ1v) is 9.51. The Kier molecular flexibility index (Phi) is 6.97. The fourth-order valence-electron chi connectivity index (χ4n) is 3.37. The van der Waals surface area contributed by atoms with Gasteiger partial charge in [0.1, 0.15) is 5.75 Å². The molecule has 4 aliphatic heterocycles. The second kappa shape index (κ2) is 9.21. The number of halogens is 2. The van der Waals surface area contributed by atoms with Gasteiger partial charge in [-0.1, -0.05) is 11.6 Å². The minimum Gasteiger partial charge on any atom is -0.482 e. The molecule has 5 rings (SSSR count). The summed E-state index contributed by atoms with van der Waals surface area (Å²) in [5.41, 5.74) is 0.749. The van der Waals surface area contributed by atoms with Gasteiger partial charge in [-0.05, 0) is 25.1 Å². The molecule has 0 N–H and O–H groups in total. The zero-order valence-corrected chi connectivity index (χ0v) is 16.4. The van der Waals surface area contributed by atoms with Crippen LogP contribution in [0.25, 0.3) is 0 Å². The number of carbonyl (C=O) groups is 1. The molecule has 0 aliphatic carbocycles. The monoisotopic (exact) mass is 402 g/mol. The lowest BCUT2D eigenvalue weighted by Gasteiger charge is -2.56. The predicted octanol–water partition coefficient (Wildman–Crippen LogP) is 2.00. The first-order chi connectivity index (χ1) is 12.6. The summed E-state index contributed by atoms with van der Waals surface area (Å²) in [4.78, 5) is 21.0. The van der Waals surface area contributed by atoms with Crippen molar-refractivity contribution < 1.29 is 14.3 Å². The fraction of sp³-hybridized carbons (Fsp3) is 0.588. The van der Waals surface area contributed by atoms with Crippen LogP contribution < -0.4 is 4.74 Å². The number of benzene rings is 1. The van der Waals surface area contributed by atoms with Gasteiger partial charge >= 0.3 is 5.97 Å². The lowest BCUT2D eigenvalue weighted by atomic mass is 10.2. The standard InChI is InChI=1S/C11H12Cl2O3.C6H12N4/c1-2-15-11(14)7-16-10-4-3-9(13)5-8(10)6-12;1-7-2-9-4-8(1)5-10(3-7)6-9/h3-5H,2,6-7H2,1H3;1-6H2. The fourth-order valence-corrected chi connectivity index (χ4v) is 3.77. The van der Waals surface area contributed by atoms with E-state index in [1.165, 1.54) is 40.0 Å². The van der Waals surface area contributed by atoms with Gasteiger partial charge in [0, 0.05) is 10.6 Å². The van der Waals surface area contributed by atoms with Crippen LogP contribution in [0.2, 0.25) is 5.02 Å². The summed E-state index contributed by atoms with van der Waals surface area (Å²) in [6, 6.07) is 5.06. The molecule has 1 aromatic rings. The average molecular weight is 403 g/mol. The van der Waals surface area contributed by atoms with Gasteiger partial charge in [-0.15, -0.1) is 11.6 Å². The van der Waals surface area contributed by atoms with Crippen molar-refractivity contribution in [1.29, 1.82) is 0 Å². The van der Waals surface area contributed by atoms with Gasteiger partial charge < -0.3 is 9.47 Å². The molecule has 0 radical (unpaired) electrons. The smallest absolute Gasteiger partial charge is 0.344 e. The highest BCUT2D eigenvalue weighted by Gasteiger charge is 2.36. The van der Waals surface area contributed by atoms with Gasteiger partial charge in [0.25, 0.3) is 0 Å². The normalized spacial score (nSPS) is 28.3. The van der Waals surface area contributed by atoms with Crippen molar-refractivity contribution in [3.63, 3.8) is 0 Å². The number of hydrogen-bond acceptors (Lipinski definition) is 7. The number of esters is 1. The zero-order chi connectivity index (χ0) is 18.5. The Morgan fingerprint density at radius 1 is 1.04 bits per heavy atom. The maximum atomic E-state index is 11.1. The summed E-state index contributed by atoms with van der Waals surface area (Å²) in [6.45, 7) is 9.08. The van der Waals surface area contributed by atoms with Crippen molar-refractivity contribution in [2.24, 2.45) is 0 Å². The third kappa shape index (κ3) is 5.22. The van der Waals surface area contributed by atoms with Crippen molar-refractivity contribution >= 4 is 29.2 Å². The van der Waals surface area contributed by atoms with Gasteiger partial charge in [-0.25, -0.2) is 4.79 Å². The summed E-state index contributed by atoms with van der Waals surface area (Å²) in [7, 11) is 0. The second-order valence-electron chi connectivity index (χ2n) is 6.51. The van der Waals surface area contributed by atoms with Crippen LogP contribution in [0.15, 0.2) is 18.2 Å². The van der Waals surface area contributed by atoms with E-state index in [0.29, 0.717) is 17.4 Å². The molecular weight excluding hydrogens is 379 g/mol. The molecular formula is C17H24Cl2N4O3. The first-order valence-electron chi connectivity index (χ1n) is 8.59. The largest absolute Gasteiger partial charge is 0.482 e. The summed E-state index contributed by atoms with van der Waals surface area (Å²) in [5.74, 6) is 0.420. The SMILES string of the molecule is C1N2CN3CN1CN(C2)C3.CCOC(=O)COc1ccc(Cl)cc1CCl. The van der Waals surface area contributed by atoms with Crippen LogP contribution in [0.3, 0.4) is 0 Å². The molecule has 4 heterocycles. The molecule has 26 heavy (non-hydrogen) atoms. The third-order valence-corrected chi connectivity index (χ3v) is 4.74.